The largest absolute Gasteiger partial charge is 0.444 e. The zero-order valence-corrected chi connectivity index (χ0v) is 21.6. The molecule has 0 aromatic heterocycles. The summed E-state index contributed by atoms with van der Waals surface area (Å²) < 4.78 is 32.8. The van der Waals surface area contributed by atoms with Crippen LogP contribution in [0.5, 0.6) is 0 Å². The number of unbranched alkanes of at least 4 members (excludes halogenated alkanes) is 1. The van der Waals surface area contributed by atoms with Crippen molar-refractivity contribution in [1.82, 2.24) is 4.90 Å². The van der Waals surface area contributed by atoms with Gasteiger partial charge in [0.15, 0.2) is 17.3 Å². The first-order chi connectivity index (χ1) is 15.9. The quantitative estimate of drug-likeness (QED) is 0.384. The van der Waals surface area contributed by atoms with Gasteiger partial charge in [0.2, 0.25) is 9.84 Å². The maximum absolute atomic E-state index is 13.6. The molecule has 0 N–H and O–H groups in total. The maximum Gasteiger partial charge on any atom is 0.411 e. The minimum atomic E-state index is -3.99. The average molecular weight is 510 g/mol. The minimum absolute atomic E-state index is 0.0785. The van der Waals surface area contributed by atoms with Crippen LogP contribution in [0.15, 0.2) is 45.2 Å². The number of carbonyl (C=O) groups excluding carboxylic acids is 2. The topological polar surface area (TPSA) is 105 Å². The predicted molar refractivity (Wildman–Crippen MR) is 132 cm³/mol. The van der Waals surface area contributed by atoms with E-state index < -0.39 is 43.9 Å². The van der Waals surface area contributed by atoms with Gasteiger partial charge in [-0.05, 0) is 52.2 Å². The summed E-state index contributed by atoms with van der Waals surface area (Å²) in [7, 11) is -3.99. The van der Waals surface area contributed by atoms with E-state index in [9.17, 15) is 18.0 Å². The maximum atomic E-state index is 13.6. The van der Waals surface area contributed by atoms with E-state index in [1.807, 2.05) is 6.92 Å². The van der Waals surface area contributed by atoms with Crippen molar-refractivity contribution >= 4 is 45.7 Å². The number of carbonyl (C=O) groups is 2. The third-order valence-electron chi connectivity index (χ3n) is 5.89. The fourth-order valence-corrected chi connectivity index (χ4v) is 6.97. The Morgan fingerprint density at radius 2 is 1.97 bits per heavy atom. The molecule has 1 fully saturated rings. The van der Waals surface area contributed by atoms with Gasteiger partial charge in [0, 0.05) is 12.5 Å². The van der Waals surface area contributed by atoms with Crippen molar-refractivity contribution in [2.24, 2.45) is 15.9 Å². The van der Waals surface area contributed by atoms with Gasteiger partial charge in [-0.1, -0.05) is 31.5 Å². The second-order valence-electron chi connectivity index (χ2n) is 9.79. The molecule has 3 rings (SSSR count). The number of aliphatic imine (C=N–C) groups is 2. The minimum Gasteiger partial charge on any atom is -0.444 e. The number of nitrogens with zero attached hydrogens (tertiary/aromatic N) is 3. The molecule has 4 atom stereocenters. The average Bonchev–Trinajstić information content (AvgIpc) is 3.34. The van der Waals surface area contributed by atoms with E-state index >= 15 is 0 Å². The van der Waals surface area contributed by atoms with Crippen LogP contribution in [0.2, 0.25) is 0 Å². The predicted octanol–water partition coefficient (Wildman–Crippen LogP) is 4.26. The molecule has 186 valence electrons. The second-order valence-corrected chi connectivity index (χ2v) is 12.3. The standard InChI is InChI=1S/C24H32ClN3O5S/c1-5-6-12-24(26-14-18(16-29)27-24)13-17-15-28(22(30)33-23(2,3)4)21(20(17)25)34(31,32)19-10-8-7-9-11-19/h7-11,14,16-17,20-21H,5-6,12-13,15H2,1-4H3. The van der Waals surface area contributed by atoms with E-state index in [4.69, 9.17) is 16.3 Å². The van der Waals surface area contributed by atoms with Gasteiger partial charge < -0.3 is 4.74 Å². The van der Waals surface area contributed by atoms with Crippen LogP contribution >= 0.6 is 11.6 Å². The molecule has 0 aliphatic carbocycles. The number of hydrogen-bond donors (Lipinski definition) is 0. The highest BCUT2D eigenvalue weighted by molar-refractivity contribution is 7.92. The lowest BCUT2D eigenvalue weighted by atomic mass is 9.90. The summed E-state index contributed by atoms with van der Waals surface area (Å²) in [6, 6.07) is 7.96. The van der Waals surface area contributed by atoms with Gasteiger partial charge >= 0.3 is 6.09 Å². The van der Waals surface area contributed by atoms with Crippen LogP contribution in [0, 0.1) is 5.92 Å². The van der Waals surface area contributed by atoms with E-state index in [1.165, 1.54) is 23.2 Å². The van der Waals surface area contributed by atoms with E-state index in [0.29, 0.717) is 19.1 Å². The summed E-state index contributed by atoms with van der Waals surface area (Å²) in [5.74, 6) is -0.429. The summed E-state index contributed by atoms with van der Waals surface area (Å²) in [5.41, 5.74) is -1.45. The molecule has 0 spiro atoms. The Morgan fingerprint density at radius 1 is 1.29 bits per heavy atom. The number of aldehydes is 1. The first-order valence-electron chi connectivity index (χ1n) is 11.5. The first-order valence-corrected chi connectivity index (χ1v) is 13.4. The van der Waals surface area contributed by atoms with Crippen LogP contribution in [-0.4, -0.2) is 66.2 Å². The number of sulfone groups is 1. The summed E-state index contributed by atoms with van der Waals surface area (Å²) in [4.78, 5) is 34.8. The third kappa shape index (κ3) is 5.68. The highest BCUT2D eigenvalue weighted by atomic mass is 35.5. The molecular formula is C24H32ClN3O5S. The number of benzene rings is 1. The molecule has 8 nitrogen and oxygen atoms in total. The Morgan fingerprint density at radius 3 is 2.53 bits per heavy atom. The van der Waals surface area contributed by atoms with Crippen molar-refractivity contribution in [3.05, 3.63) is 30.3 Å². The fourth-order valence-electron chi connectivity index (χ4n) is 4.37. The fraction of sp³-hybridized carbons (Fsp3) is 0.583. The molecule has 2 heterocycles. The van der Waals surface area contributed by atoms with Crippen LogP contribution in [0.3, 0.4) is 0 Å². The number of hydrogen-bond acceptors (Lipinski definition) is 7. The molecule has 1 aromatic carbocycles. The molecular weight excluding hydrogens is 478 g/mol. The van der Waals surface area contributed by atoms with Crippen LogP contribution in [0.1, 0.15) is 53.4 Å². The van der Waals surface area contributed by atoms with E-state index in [2.05, 4.69) is 9.98 Å². The lowest BCUT2D eigenvalue weighted by Crippen LogP contribution is -2.45. The lowest BCUT2D eigenvalue weighted by Gasteiger charge is -2.29. The molecule has 0 bridgehead atoms. The number of likely N-dealkylation sites (tertiary alicyclic amines) is 1. The molecule has 4 unspecified atom stereocenters. The first kappa shape index (κ1) is 26.3. The summed E-state index contributed by atoms with van der Waals surface area (Å²) in [6.07, 6.45) is 4.01. The highest BCUT2D eigenvalue weighted by Gasteiger charge is 2.53. The second kappa shape index (κ2) is 10.2. The van der Waals surface area contributed by atoms with Gasteiger partial charge in [0.25, 0.3) is 0 Å². The zero-order chi connectivity index (χ0) is 25.1. The zero-order valence-electron chi connectivity index (χ0n) is 20.0. The van der Waals surface area contributed by atoms with Crippen LogP contribution in [0.25, 0.3) is 0 Å². The van der Waals surface area contributed by atoms with Gasteiger partial charge in [-0.2, -0.15) is 0 Å². The lowest BCUT2D eigenvalue weighted by molar-refractivity contribution is -0.102. The number of rotatable bonds is 8. The summed E-state index contributed by atoms with van der Waals surface area (Å²) in [5, 5.41) is -2.22. The van der Waals surface area contributed by atoms with Gasteiger partial charge in [-0.3, -0.25) is 19.7 Å². The molecule has 1 amide bonds. The Labute approximate surface area is 206 Å². The van der Waals surface area contributed by atoms with Crippen molar-refractivity contribution in [2.75, 3.05) is 6.54 Å². The smallest absolute Gasteiger partial charge is 0.411 e. The molecule has 0 saturated carbocycles. The van der Waals surface area contributed by atoms with E-state index in [1.54, 1.807) is 39.0 Å². The van der Waals surface area contributed by atoms with Crippen LogP contribution < -0.4 is 0 Å². The number of ether oxygens (including phenoxy) is 1. The number of amides is 1. The summed E-state index contributed by atoms with van der Waals surface area (Å²) in [6.45, 7) is 7.29. The van der Waals surface area contributed by atoms with E-state index in [0.717, 1.165) is 12.8 Å². The molecule has 2 aliphatic rings. The van der Waals surface area contributed by atoms with Crippen LogP contribution in [-0.2, 0) is 19.4 Å². The van der Waals surface area contributed by atoms with Crippen molar-refractivity contribution in [3.8, 4) is 0 Å². The normalized spacial score (nSPS) is 27.0. The number of halogens is 1. The van der Waals surface area contributed by atoms with Crippen molar-refractivity contribution in [3.63, 3.8) is 0 Å². The van der Waals surface area contributed by atoms with Gasteiger partial charge in [-0.15, -0.1) is 11.6 Å². The monoisotopic (exact) mass is 509 g/mol. The molecule has 1 saturated heterocycles. The molecule has 34 heavy (non-hydrogen) atoms. The van der Waals surface area contributed by atoms with E-state index in [-0.39, 0.29) is 17.2 Å². The molecule has 10 heteroatoms. The van der Waals surface area contributed by atoms with Crippen molar-refractivity contribution in [1.29, 1.82) is 0 Å². The van der Waals surface area contributed by atoms with Gasteiger partial charge in [-0.25, -0.2) is 13.2 Å². The Kier molecular flexibility index (Phi) is 7.87. The van der Waals surface area contributed by atoms with Gasteiger partial charge in [0.05, 0.1) is 16.5 Å². The van der Waals surface area contributed by atoms with Crippen LogP contribution in [0.4, 0.5) is 4.79 Å². The number of alkyl halides is 1. The molecule has 2 aliphatic heterocycles. The Balaban J connectivity index is 1.98. The van der Waals surface area contributed by atoms with Crippen molar-refractivity contribution in [2.45, 2.75) is 80.3 Å². The van der Waals surface area contributed by atoms with Gasteiger partial charge in [0.1, 0.15) is 11.3 Å². The Hall–Kier alpha value is -2.26. The molecule has 1 aromatic rings. The SMILES string of the molecule is CCCCC1(CC2CN(C(=O)OC(C)(C)C)C(S(=O)(=O)c3ccccc3)C2Cl)N=CC(C=O)=N1. The Bertz CT molecular complexity index is 1070. The highest BCUT2D eigenvalue weighted by Crippen LogP contribution is 2.42. The summed E-state index contributed by atoms with van der Waals surface area (Å²) >= 11 is 6.83. The third-order valence-corrected chi connectivity index (χ3v) is 8.75. The van der Waals surface area contributed by atoms with Crippen molar-refractivity contribution < 1.29 is 22.7 Å². The molecule has 0 radical (unpaired) electrons.